The second kappa shape index (κ2) is 5.51. The van der Waals surface area contributed by atoms with Gasteiger partial charge in [0.2, 0.25) is 0 Å². The Hall–Kier alpha value is -0.380. The molecule has 1 heterocycles. The van der Waals surface area contributed by atoms with Crippen molar-refractivity contribution in [1.29, 1.82) is 0 Å². The van der Waals surface area contributed by atoms with Crippen molar-refractivity contribution in [2.24, 2.45) is 5.92 Å². The van der Waals surface area contributed by atoms with Gasteiger partial charge >= 0.3 is 0 Å². The van der Waals surface area contributed by atoms with Crippen LogP contribution >= 0.6 is 15.9 Å². The molecule has 2 unspecified atom stereocenters. The number of hydrogen-bond donors (Lipinski definition) is 0. The molecule has 1 aromatic carbocycles. The van der Waals surface area contributed by atoms with E-state index in [4.69, 9.17) is 0 Å². The third kappa shape index (κ3) is 3.30. The molecule has 0 aliphatic carbocycles. The minimum Gasteiger partial charge on any atom is -0.305 e. The van der Waals surface area contributed by atoms with Crippen molar-refractivity contribution in [3.63, 3.8) is 0 Å². The maximum Gasteiger partial charge on any atom is 0.0254 e. The van der Waals surface area contributed by atoms with Gasteiger partial charge in [-0.1, -0.05) is 35.0 Å². The summed E-state index contributed by atoms with van der Waals surface area (Å²) in [7, 11) is 4.37. The van der Waals surface area contributed by atoms with E-state index in [0.717, 1.165) is 12.5 Å². The van der Waals surface area contributed by atoms with Gasteiger partial charge in [-0.15, -0.1) is 0 Å². The molecule has 0 bridgehead atoms. The standard InChI is InChI=1S/C14H21BrN2/c1-11-8-17(10-14(11)16(2)3)9-12-5-4-6-13(15)7-12/h4-7,11,14H,8-10H2,1-3H3. The normalized spacial score (nSPS) is 25.7. The zero-order valence-electron chi connectivity index (χ0n) is 10.9. The van der Waals surface area contributed by atoms with E-state index >= 15 is 0 Å². The van der Waals surface area contributed by atoms with Crippen molar-refractivity contribution in [2.75, 3.05) is 27.2 Å². The van der Waals surface area contributed by atoms with Crippen LogP contribution in [-0.4, -0.2) is 43.0 Å². The van der Waals surface area contributed by atoms with Gasteiger partial charge in [-0.2, -0.15) is 0 Å². The maximum atomic E-state index is 3.53. The first kappa shape index (κ1) is 13.1. The Balaban J connectivity index is 1.97. The molecule has 0 spiro atoms. The van der Waals surface area contributed by atoms with Gasteiger partial charge in [0.25, 0.3) is 0 Å². The van der Waals surface area contributed by atoms with Crippen molar-refractivity contribution in [3.8, 4) is 0 Å². The molecular weight excluding hydrogens is 276 g/mol. The number of rotatable bonds is 3. The Morgan fingerprint density at radius 2 is 2.12 bits per heavy atom. The van der Waals surface area contributed by atoms with Gasteiger partial charge in [0.05, 0.1) is 0 Å². The van der Waals surface area contributed by atoms with Crippen molar-refractivity contribution in [3.05, 3.63) is 34.3 Å². The molecule has 0 amide bonds. The van der Waals surface area contributed by atoms with Crippen molar-refractivity contribution < 1.29 is 0 Å². The summed E-state index contributed by atoms with van der Waals surface area (Å²) in [4.78, 5) is 4.91. The second-order valence-corrected chi connectivity index (χ2v) is 6.25. The fraction of sp³-hybridized carbons (Fsp3) is 0.571. The average Bonchev–Trinajstić information content (AvgIpc) is 2.59. The van der Waals surface area contributed by atoms with Gasteiger partial charge in [-0.25, -0.2) is 0 Å². The molecule has 0 radical (unpaired) electrons. The number of likely N-dealkylation sites (tertiary alicyclic amines) is 1. The van der Waals surface area contributed by atoms with E-state index in [2.05, 4.69) is 71.0 Å². The van der Waals surface area contributed by atoms with E-state index in [1.54, 1.807) is 0 Å². The summed E-state index contributed by atoms with van der Waals surface area (Å²) in [6, 6.07) is 9.31. The molecule has 0 N–H and O–H groups in total. The predicted molar refractivity (Wildman–Crippen MR) is 76.1 cm³/mol. The third-order valence-electron chi connectivity index (χ3n) is 3.61. The van der Waals surface area contributed by atoms with E-state index in [9.17, 15) is 0 Å². The monoisotopic (exact) mass is 296 g/mol. The first-order chi connectivity index (χ1) is 8.06. The molecule has 1 fully saturated rings. The lowest BCUT2D eigenvalue weighted by molar-refractivity contribution is 0.250. The van der Waals surface area contributed by atoms with Crippen LogP contribution in [0.5, 0.6) is 0 Å². The molecule has 1 saturated heterocycles. The molecule has 0 saturated carbocycles. The highest BCUT2D eigenvalue weighted by Gasteiger charge is 2.30. The molecule has 94 valence electrons. The smallest absolute Gasteiger partial charge is 0.0254 e. The lowest BCUT2D eigenvalue weighted by Gasteiger charge is -2.22. The van der Waals surface area contributed by atoms with Crippen LogP contribution in [0.15, 0.2) is 28.7 Å². The fourth-order valence-electron chi connectivity index (χ4n) is 2.74. The summed E-state index contributed by atoms with van der Waals surface area (Å²) in [6.45, 7) is 5.80. The fourth-order valence-corrected chi connectivity index (χ4v) is 3.19. The van der Waals surface area contributed by atoms with Crippen LogP contribution in [-0.2, 0) is 6.54 Å². The molecule has 2 nitrogen and oxygen atoms in total. The number of likely N-dealkylation sites (N-methyl/N-ethyl adjacent to an activating group) is 1. The molecule has 2 rings (SSSR count). The van der Waals surface area contributed by atoms with E-state index in [-0.39, 0.29) is 0 Å². The Morgan fingerprint density at radius 1 is 1.35 bits per heavy atom. The minimum atomic E-state index is 0.696. The summed E-state index contributed by atoms with van der Waals surface area (Å²) in [5.41, 5.74) is 1.39. The lowest BCUT2D eigenvalue weighted by atomic mass is 10.1. The summed E-state index contributed by atoms with van der Waals surface area (Å²) in [5.74, 6) is 0.761. The number of halogens is 1. The highest BCUT2D eigenvalue weighted by Crippen LogP contribution is 2.22. The molecule has 1 aromatic rings. The van der Waals surface area contributed by atoms with Gasteiger partial charge in [0, 0.05) is 30.1 Å². The van der Waals surface area contributed by atoms with Crippen LogP contribution in [0.1, 0.15) is 12.5 Å². The predicted octanol–water partition coefficient (Wildman–Crippen LogP) is 2.83. The van der Waals surface area contributed by atoms with Gasteiger partial charge in [0.15, 0.2) is 0 Å². The zero-order chi connectivity index (χ0) is 12.4. The summed E-state index contributed by atoms with van der Waals surface area (Å²) in [5, 5.41) is 0. The first-order valence-corrected chi connectivity index (χ1v) is 6.99. The van der Waals surface area contributed by atoms with Crippen LogP contribution in [0, 0.1) is 5.92 Å². The third-order valence-corrected chi connectivity index (χ3v) is 4.10. The van der Waals surface area contributed by atoms with Gasteiger partial charge in [0.1, 0.15) is 0 Å². The topological polar surface area (TPSA) is 6.48 Å². The molecule has 17 heavy (non-hydrogen) atoms. The molecule has 1 aliphatic rings. The number of nitrogens with zero attached hydrogens (tertiary/aromatic N) is 2. The van der Waals surface area contributed by atoms with Crippen LogP contribution < -0.4 is 0 Å². The molecule has 2 atom stereocenters. The summed E-state index contributed by atoms with van der Waals surface area (Å²) in [6.07, 6.45) is 0. The van der Waals surface area contributed by atoms with Crippen molar-refractivity contribution >= 4 is 15.9 Å². The van der Waals surface area contributed by atoms with E-state index in [0.29, 0.717) is 6.04 Å². The minimum absolute atomic E-state index is 0.696. The van der Waals surface area contributed by atoms with Crippen molar-refractivity contribution in [2.45, 2.75) is 19.5 Å². The SMILES string of the molecule is CC1CN(Cc2cccc(Br)c2)CC1N(C)C. The highest BCUT2D eigenvalue weighted by molar-refractivity contribution is 9.10. The first-order valence-electron chi connectivity index (χ1n) is 6.19. The Morgan fingerprint density at radius 3 is 2.71 bits per heavy atom. The van der Waals surface area contributed by atoms with Gasteiger partial charge in [-0.3, -0.25) is 4.90 Å². The number of benzene rings is 1. The van der Waals surface area contributed by atoms with Crippen LogP contribution in [0.25, 0.3) is 0 Å². The van der Waals surface area contributed by atoms with Crippen molar-refractivity contribution in [1.82, 2.24) is 9.80 Å². The summed E-state index contributed by atoms with van der Waals surface area (Å²) >= 11 is 3.53. The highest BCUT2D eigenvalue weighted by atomic mass is 79.9. The van der Waals surface area contributed by atoms with E-state index < -0.39 is 0 Å². The second-order valence-electron chi connectivity index (χ2n) is 5.33. The Labute approximate surface area is 113 Å². The van der Waals surface area contributed by atoms with Crippen LogP contribution in [0.3, 0.4) is 0 Å². The molecule has 0 aromatic heterocycles. The Bertz CT molecular complexity index is 378. The summed E-state index contributed by atoms with van der Waals surface area (Å²) < 4.78 is 1.17. The number of hydrogen-bond acceptors (Lipinski definition) is 2. The Kier molecular flexibility index (Phi) is 4.23. The average molecular weight is 297 g/mol. The van der Waals surface area contributed by atoms with Gasteiger partial charge < -0.3 is 4.90 Å². The van der Waals surface area contributed by atoms with E-state index in [1.165, 1.54) is 23.1 Å². The molecule has 1 aliphatic heterocycles. The van der Waals surface area contributed by atoms with E-state index in [1.807, 2.05) is 0 Å². The largest absolute Gasteiger partial charge is 0.305 e. The molecular formula is C14H21BrN2. The quantitative estimate of drug-likeness (QED) is 0.846. The van der Waals surface area contributed by atoms with Gasteiger partial charge in [-0.05, 0) is 37.7 Å². The van der Waals surface area contributed by atoms with Crippen LogP contribution in [0.2, 0.25) is 0 Å². The molecule has 3 heteroatoms. The van der Waals surface area contributed by atoms with Crippen LogP contribution in [0.4, 0.5) is 0 Å². The maximum absolute atomic E-state index is 3.53. The zero-order valence-corrected chi connectivity index (χ0v) is 12.4. The lowest BCUT2D eigenvalue weighted by Crippen LogP contribution is -2.34.